The first kappa shape index (κ1) is 12.6. The predicted octanol–water partition coefficient (Wildman–Crippen LogP) is 1.88. The standard InChI is InChI=1S/C11H14N4O2S/c1-6-8(5-13-15-6)4-12-11-14-9(7(2)18-11)10(16)17-3/h5H,4H2,1-3H3,(H,12,14)(H,13,15). The monoisotopic (exact) mass is 266 g/mol. The van der Waals surface area contributed by atoms with Gasteiger partial charge in [0, 0.05) is 22.7 Å². The highest BCUT2D eigenvalue weighted by atomic mass is 32.1. The summed E-state index contributed by atoms with van der Waals surface area (Å²) < 4.78 is 4.66. The maximum atomic E-state index is 11.4. The first-order chi connectivity index (χ1) is 8.61. The molecule has 0 radical (unpaired) electrons. The van der Waals surface area contributed by atoms with Gasteiger partial charge in [0.15, 0.2) is 10.8 Å². The highest BCUT2D eigenvalue weighted by Gasteiger charge is 2.15. The summed E-state index contributed by atoms with van der Waals surface area (Å²) >= 11 is 1.43. The van der Waals surface area contributed by atoms with Crippen molar-refractivity contribution in [2.45, 2.75) is 20.4 Å². The molecule has 0 aliphatic carbocycles. The lowest BCUT2D eigenvalue weighted by Crippen LogP contribution is -2.04. The van der Waals surface area contributed by atoms with Crippen LogP contribution in [0.15, 0.2) is 6.20 Å². The quantitative estimate of drug-likeness (QED) is 0.826. The van der Waals surface area contributed by atoms with Crippen LogP contribution in [0.2, 0.25) is 0 Å². The summed E-state index contributed by atoms with van der Waals surface area (Å²) in [5.74, 6) is -0.406. The lowest BCUT2D eigenvalue weighted by molar-refractivity contribution is 0.0594. The Kier molecular flexibility index (Phi) is 3.61. The molecule has 0 aliphatic heterocycles. The summed E-state index contributed by atoms with van der Waals surface area (Å²) in [6.45, 7) is 4.42. The van der Waals surface area contributed by atoms with Crippen molar-refractivity contribution in [3.8, 4) is 0 Å². The lowest BCUT2D eigenvalue weighted by atomic mass is 10.3. The number of methoxy groups -OCH3 is 1. The van der Waals surface area contributed by atoms with Crippen LogP contribution < -0.4 is 5.32 Å². The Hall–Kier alpha value is -1.89. The van der Waals surface area contributed by atoms with Crippen molar-refractivity contribution in [1.29, 1.82) is 0 Å². The van der Waals surface area contributed by atoms with Gasteiger partial charge in [0.25, 0.3) is 0 Å². The van der Waals surface area contributed by atoms with Crippen LogP contribution in [0, 0.1) is 13.8 Å². The topological polar surface area (TPSA) is 79.9 Å². The van der Waals surface area contributed by atoms with Crippen LogP contribution >= 0.6 is 11.3 Å². The number of hydrogen-bond donors (Lipinski definition) is 2. The molecule has 18 heavy (non-hydrogen) atoms. The van der Waals surface area contributed by atoms with E-state index in [0.29, 0.717) is 17.4 Å². The minimum atomic E-state index is -0.406. The van der Waals surface area contributed by atoms with Gasteiger partial charge in [-0.25, -0.2) is 9.78 Å². The van der Waals surface area contributed by atoms with Gasteiger partial charge in [0.2, 0.25) is 0 Å². The molecule has 2 N–H and O–H groups in total. The average molecular weight is 266 g/mol. The summed E-state index contributed by atoms with van der Waals surface area (Å²) in [4.78, 5) is 16.5. The van der Waals surface area contributed by atoms with Crippen molar-refractivity contribution >= 4 is 22.4 Å². The maximum absolute atomic E-state index is 11.4. The third kappa shape index (κ3) is 2.51. The maximum Gasteiger partial charge on any atom is 0.357 e. The first-order valence-electron chi connectivity index (χ1n) is 5.40. The van der Waals surface area contributed by atoms with E-state index in [1.807, 2.05) is 13.8 Å². The number of esters is 1. The molecule has 0 aliphatic rings. The van der Waals surface area contributed by atoms with Crippen LogP contribution in [0.3, 0.4) is 0 Å². The number of ether oxygens (including phenoxy) is 1. The van der Waals surface area contributed by atoms with E-state index in [9.17, 15) is 4.79 Å². The Balaban J connectivity index is 2.07. The van der Waals surface area contributed by atoms with Crippen molar-refractivity contribution in [1.82, 2.24) is 15.2 Å². The Morgan fingerprint density at radius 3 is 2.94 bits per heavy atom. The molecule has 2 aromatic heterocycles. The number of thiazole rings is 1. The molecule has 0 fully saturated rings. The van der Waals surface area contributed by atoms with Gasteiger partial charge in [-0.05, 0) is 13.8 Å². The molecular weight excluding hydrogens is 252 g/mol. The lowest BCUT2D eigenvalue weighted by Gasteiger charge is -2.00. The molecule has 2 rings (SSSR count). The summed E-state index contributed by atoms with van der Waals surface area (Å²) in [6.07, 6.45) is 1.77. The molecule has 2 aromatic rings. The summed E-state index contributed by atoms with van der Waals surface area (Å²) in [6, 6.07) is 0. The summed E-state index contributed by atoms with van der Waals surface area (Å²) in [5, 5.41) is 10.7. The number of aromatic nitrogens is 3. The van der Waals surface area contributed by atoms with Crippen LogP contribution in [-0.2, 0) is 11.3 Å². The predicted molar refractivity (Wildman–Crippen MR) is 68.8 cm³/mol. The van der Waals surface area contributed by atoms with Crippen molar-refractivity contribution in [2.24, 2.45) is 0 Å². The number of rotatable bonds is 4. The fourth-order valence-electron chi connectivity index (χ4n) is 1.48. The number of carbonyl (C=O) groups is 1. The zero-order valence-electron chi connectivity index (χ0n) is 10.4. The van der Waals surface area contributed by atoms with E-state index in [1.54, 1.807) is 6.20 Å². The second-order valence-corrected chi connectivity index (χ2v) is 4.99. The molecule has 0 spiro atoms. The smallest absolute Gasteiger partial charge is 0.357 e. The van der Waals surface area contributed by atoms with Gasteiger partial charge in [-0.1, -0.05) is 0 Å². The Morgan fingerprint density at radius 2 is 2.33 bits per heavy atom. The first-order valence-corrected chi connectivity index (χ1v) is 6.22. The fourth-order valence-corrected chi connectivity index (χ4v) is 2.28. The number of aryl methyl sites for hydroxylation is 2. The number of nitrogens with zero attached hydrogens (tertiary/aromatic N) is 2. The molecule has 6 nitrogen and oxygen atoms in total. The number of aromatic amines is 1. The van der Waals surface area contributed by atoms with E-state index in [-0.39, 0.29) is 0 Å². The van der Waals surface area contributed by atoms with Gasteiger partial charge in [-0.3, -0.25) is 5.10 Å². The number of carbonyl (C=O) groups excluding carboxylic acids is 1. The molecule has 0 unspecified atom stereocenters. The van der Waals surface area contributed by atoms with Gasteiger partial charge < -0.3 is 10.1 Å². The van der Waals surface area contributed by atoms with Crippen LogP contribution in [0.1, 0.15) is 26.6 Å². The number of nitrogens with one attached hydrogen (secondary N) is 2. The van der Waals surface area contributed by atoms with E-state index in [4.69, 9.17) is 0 Å². The molecule has 7 heteroatoms. The van der Waals surface area contributed by atoms with Crippen LogP contribution in [0.25, 0.3) is 0 Å². The Labute approximate surface area is 108 Å². The highest BCUT2D eigenvalue weighted by molar-refractivity contribution is 7.15. The number of H-pyrrole nitrogens is 1. The number of hydrogen-bond acceptors (Lipinski definition) is 6. The second kappa shape index (κ2) is 5.18. The fraction of sp³-hybridized carbons (Fsp3) is 0.364. The molecular formula is C11H14N4O2S. The van der Waals surface area contributed by atoms with Crippen molar-refractivity contribution in [2.75, 3.05) is 12.4 Å². The minimum Gasteiger partial charge on any atom is -0.464 e. The normalized spacial score (nSPS) is 10.4. The van der Waals surface area contributed by atoms with E-state index in [1.165, 1.54) is 18.4 Å². The summed E-state index contributed by atoms with van der Waals surface area (Å²) in [7, 11) is 1.35. The molecule has 0 saturated carbocycles. The van der Waals surface area contributed by atoms with E-state index in [0.717, 1.165) is 16.1 Å². The van der Waals surface area contributed by atoms with E-state index >= 15 is 0 Å². The Morgan fingerprint density at radius 1 is 1.56 bits per heavy atom. The van der Waals surface area contributed by atoms with Crippen LogP contribution in [0.5, 0.6) is 0 Å². The van der Waals surface area contributed by atoms with Crippen molar-refractivity contribution < 1.29 is 9.53 Å². The minimum absolute atomic E-state index is 0.369. The SMILES string of the molecule is COC(=O)c1nc(NCc2cn[nH]c2C)sc1C. The van der Waals surface area contributed by atoms with E-state index < -0.39 is 5.97 Å². The van der Waals surface area contributed by atoms with Crippen molar-refractivity contribution in [3.63, 3.8) is 0 Å². The third-order valence-electron chi connectivity index (χ3n) is 2.54. The largest absolute Gasteiger partial charge is 0.464 e. The van der Waals surface area contributed by atoms with Gasteiger partial charge in [0.1, 0.15) is 0 Å². The van der Waals surface area contributed by atoms with Gasteiger partial charge in [-0.2, -0.15) is 5.10 Å². The molecule has 0 aromatic carbocycles. The van der Waals surface area contributed by atoms with Gasteiger partial charge in [-0.15, -0.1) is 11.3 Å². The average Bonchev–Trinajstić information content (AvgIpc) is 2.92. The zero-order chi connectivity index (χ0) is 13.1. The molecule has 0 amide bonds. The van der Waals surface area contributed by atoms with Crippen molar-refractivity contribution in [3.05, 3.63) is 28.0 Å². The van der Waals surface area contributed by atoms with Gasteiger partial charge >= 0.3 is 5.97 Å². The summed E-state index contributed by atoms with van der Waals surface area (Å²) in [5.41, 5.74) is 2.46. The van der Waals surface area contributed by atoms with E-state index in [2.05, 4.69) is 25.2 Å². The van der Waals surface area contributed by atoms with Crippen LogP contribution in [-0.4, -0.2) is 28.3 Å². The Bertz CT molecular complexity index is 561. The molecule has 0 bridgehead atoms. The molecule has 96 valence electrons. The third-order valence-corrected chi connectivity index (χ3v) is 3.47. The van der Waals surface area contributed by atoms with Crippen LogP contribution in [0.4, 0.5) is 5.13 Å². The zero-order valence-corrected chi connectivity index (χ0v) is 11.2. The molecule has 0 saturated heterocycles. The molecule has 0 atom stereocenters. The number of anilines is 1. The highest BCUT2D eigenvalue weighted by Crippen LogP contribution is 2.23. The molecule has 2 heterocycles. The van der Waals surface area contributed by atoms with Gasteiger partial charge in [0.05, 0.1) is 13.3 Å². The second-order valence-electron chi connectivity index (χ2n) is 3.79.